The topological polar surface area (TPSA) is 89.3 Å². The minimum Gasteiger partial charge on any atom is -0.322 e. The molecule has 0 aliphatic heterocycles. The van der Waals surface area contributed by atoms with Crippen LogP contribution in [-0.2, 0) is 10.0 Å². The Labute approximate surface area is 131 Å². The summed E-state index contributed by atoms with van der Waals surface area (Å²) in [6.07, 6.45) is 0. The molecule has 1 amide bonds. The molecule has 0 spiro atoms. The van der Waals surface area contributed by atoms with E-state index in [1.165, 1.54) is 12.1 Å². The lowest BCUT2D eigenvalue weighted by molar-refractivity contribution is 0.102. The van der Waals surface area contributed by atoms with Crippen LogP contribution in [-0.4, -0.2) is 14.3 Å². The highest BCUT2D eigenvalue weighted by atomic mass is 79.9. The summed E-state index contributed by atoms with van der Waals surface area (Å²) in [5, 5.41) is 7.79. The molecule has 0 bridgehead atoms. The van der Waals surface area contributed by atoms with Crippen molar-refractivity contribution in [3.8, 4) is 0 Å². The van der Waals surface area contributed by atoms with Gasteiger partial charge in [0.15, 0.2) is 0 Å². The molecule has 0 saturated heterocycles. The number of benzene rings is 2. The standard InChI is InChI=1S/C14H13BrN2O3S/c1-9-2-7-12(21(16,19)20)8-13(9)14(18)17-11-5-3-10(15)4-6-11/h2-8H,1H3,(H,17,18)(H2,16,19,20). The molecule has 0 radical (unpaired) electrons. The molecule has 110 valence electrons. The fraction of sp³-hybridized carbons (Fsp3) is 0.0714. The Morgan fingerprint density at radius 3 is 2.33 bits per heavy atom. The lowest BCUT2D eigenvalue weighted by Gasteiger charge is -2.09. The number of carbonyl (C=O) groups excluding carboxylic acids is 1. The van der Waals surface area contributed by atoms with Crippen molar-refractivity contribution >= 4 is 37.5 Å². The van der Waals surface area contributed by atoms with Crippen LogP contribution in [0.5, 0.6) is 0 Å². The molecule has 0 unspecified atom stereocenters. The number of hydrogen-bond acceptors (Lipinski definition) is 3. The van der Waals surface area contributed by atoms with Crippen LogP contribution in [0.3, 0.4) is 0 Å². The molecule has 21 heavy (non-hydrogen) atoms. The van der Waals surface area contributed by atoms with Crippen LogP contribution in [0.2, 0.25) is 0 Å². The van der Waals surface area contributed by atoms with E-state index in [0.29, 0.717) is 11.3 Å². The van der Waals surface area contributed by atoms with Crippen LogP contribution in [0.15, 0.2) is 51.8 Å². The Morgan fingerprint density at radius 1 is 1.14 bits per heavy atom. The first-order valence-corrected chi connectivity index (χ1v) is 8.31. The molecule has 0 atom stereocenters. The van der Waals surface area contributed by atoms with Gasteiger partial charge in [0.2, 0.25) is 10.0 Å². The first kappa shape index (κ1) is 15.7. The van der Waals surface area contributed by atoms with Crippen molar-refractivity contribution in [3.63, 3.8) is 0 Å². The Morgan fingerprint density at radius 2 is 1.76 bits per heavy atom. The minimum absolute atomic E-state index is 0.0888. The highest BCUT2D eigenvalue weighted by Crippen LogP contribution is 2.18. The average molecular weight is 369 g/mol. The van der Waals surface area contributed by atoms with Gasteiger partial charge in [0.25, 0.3) is 5.91 Å². The van der Waals surface area contributed by atoms with Crippen LogP contribution >= 0.6 is 15.9 Å². The fourth-order valence-corrected chi connectivity index (χ4v) is 2.56. The molecular formula is C14H13BrN2O3S. The maximum atomic E-state index is 12.2. The summed E-state index contributed by atoms with van der Waals surface area (Å²) in [5.41, 5.74) is 1.55. The predicted molar refractivity (Wildman–Crippen MR) is 84.6 cm³/mol. The summed E-state index contributed by atoms with van der Waals surface area (Å²) in [4.78, 5) is 12.2. The third-order valence-corrected chi connectivity index (χ3v) is 4.32. The Kier molecular flexibility index (Phi) is 4.46. The van der Waals surface area contributed by atoms with Crippen molar-refractivity contribution in [1.82, 2.24) is 0 Å². The summed E-state index contributed by atoms with van der Waals surface area (Å²) >= 11 is 3.31. The number of aryl methyl sites for hydroxylation is 1. The van der Waals surface area contributed by atoms with Crippen LogP contribution in [0.25, 0.3) is 0 Å². The van der Waals surface area contributed by atoms with Crippen molar-refractivity contribution in [1.29, 1.82) is 0 Å². The van der Waals surface area contributed by atoms with Crippen LogP contribution in [0, 0.1) is 6.92 Å². The number of nitrogens with one attached hydrogen (secondary N) is 1. The SMILES string of the molecule is Cc1ccc(S(N)(=O)=O)cc1C(=O)Nc1ccc(Br)cc1. The van der Waals surface area contributed by atoms with Gasteiger partial charge in [-0.1, -0.05) is 22.0 Å². The van der Waals surface area contributed by atoms with Crippen molar-refractivity contribution in [3.05, 3.63) is 58.1 Å². The molecule has 3 N–H and O–H groups in total. The smallest absolute Gasteiger partial charge is 0.255 e. The van der Waals surface area contributed by atoms with E-state index >= 15 is 0 Å². The zero-order valence-corrected chi connectivity index (χ0v) is 13.5. The van der Waals surface area contributed by atoms with Crippen molar-refractivity contribution in [2.45, 2.75) is 11.8 Å². The van der Waals surface area contributed by atoms with Gasteiger partial charge in [-0.15, -0.1) is 0 Å². The van der Waals surface area contributed by atoms with E-state index in [-0.39, 0.29) is 16.4 Å². The highest BCUT2D eigenvalue weighted by molar-refractivity contribution is 9.10. The molecular weight excluding hydrogens is 356 g/mol. The zero-order valence-electron chi connectivity index (χ0n) is 11.1. The van der Waals surface area contributed by atoms with E-state index in [1.807, 2.05) is 0 Å². The number of primary sulfonamides is 1. The molecule has 0 aliphatic carbocycles. The van der Waals surface area contributed by atoms with E-state index in [1.54, 1.807) is 37.3 Å². The summed E-state index contributed by atoms with van der Waals surface area (Å²) < 4.78 is 23.6. The first-order valence-electron chi connectivity index (χ1n) is 5.98. The predicted octanol–water partition coefficient (Wildman–Crippen LogP) is 2.66. The molecule has 0 fully saturated rings. The van der Waals surface area contributed by atoms with Gasteiger partial charge < -0.3 is 5.32 Å². The van der Waals surface area contributed by atoms with Crippen molar-refractivity contribution in [2.75, 3.05) is 5.32 Å². The maximum Gasteiger partial charge on any atom is 0.255 e. The van der Waals surface area contributed by atoms with Gasteiger partial charge >= 0.3 is 0 Å². The second-order valence-electron chi connectivity index (χ2n) is 4.48. The number of sulfonamides is 1. The van der Waals surface area contributed by atoms with E-state index in [2.05, 4.69) is 21.2 Å². The number of rotatable bonds is 3. The summed E-state index contributed by atoms with van der Waals surface area (Å²) in [7, 11) is -3.84. The molecule has 0 heterocycles. The van der Waals surface area contributed by atoms with Gasteiger partial charge in [0.1, 0.15) is 0 Å². The minimum atomic E-state index is -3.84. The number of carbonyl (C=O) groups is 1. The number of anilines is 1. The first-order chi connectivity index (χ1) is 9.77. The van der Waals surface area contributed by atoms with Gasteiger partial charge in [0.05, 0.1) is 4.90 Å². The summed E-state index contributed by atoms with van der Waals surface area (Å²) in [6, 6.07) is 11.3. The number of halogens is 1. The Hall–Kier alpha value is -1.70. The summed E-state index contributed by atoms with van der Waals surface area (Å²) in [5.74, 6) is -0.389. The van der Waals surface area contributed by atoms with Gasteiger partial charge in [0, 0.05) is 15.7 Å². The molecule has 2 aromatic carbocycles. The largest absolute Gasteiger partial charge is 0.322 e. The number of nitrogens with two attached hydrogens (primary N) is 1. The maximum absolute atomic E-state index is 12.2. The average Bonchev–Trinajstić information content (AvgIpc) is 2.40. The third kappa shape index (κ3) is 3.90. The van der Waals surface area contributed by atoms with Crippen LogP contribution < -0.4 is 10.5 Å². The van der Waals surface area contributed by atoms with E-state index in [0.717, 1.165) is 4.47 Å². The van der Waals surface area contributed by atoms with Gasteiger partial charge in [-0.2, -0.15) is 0 Å². The molecule has 0 saturated carbocycles. The quantitative estimate of drug-likeness (QED) is 0.872. The van der Waals surface area contributed by atoms with Gasteiger partial charge in [-0.05, 0) is 48.9 Å². The molecule has 5 nitrogen and oxygen atoms in total. The molecule has 0 aromatic heterocycles. The Bertz CT molecular complexity index is 786. The van der Waals surface area contributed by atoms with E-state index < -0.39 is 10.0 Å². The monoisotopic (exact) mass is 368 g/mol. The van der Waals surface area contributed by atoms with Crippen molar-refractivity contribution < 1.29 is 13.2 Å². The summed E-state index contributed by atoms with van der Waals surface area (Å²) in [6.45, 7) is 1.73. The second-order valence-corrected chi connectivity index (χ2v) is 6.96. The highest BCUT2D eigenvalue weighted by Gasteiger charge is 2.15. The lowest BCUT2D eigenvalue weighted by atomic mass is 10.1. The fourth-order valence-electron chi connectivity index (χ4n) is 1.75. The van der Waals surface area contributed by atoms with Gasteiger partial charge in [-0.25, -0.2) is 13.6 Å². The van der Waals surface area contributed by atoms with Crippen LogP contribution in [0.4, 0.5) is 5.69 Å². The van der Waals surface area contributed by atoms with Crippen LogP contribution in [0.1, 0.15) is 15.9 Å². The van der Waals surface area contributed by atoms with E-state index in [4.69, 9.17) is 5.14 Å². The molecule has 0 aliphatic rings. The van der Waals surface area contributed by atoms with Gasteiger partial charge in [-0.3, -0.25) is 4.79 Å². The normalized spacial score (nSPS) is 11.2. The van der Waals surface area contributed by atoms with E-state index in [9.17, 15) is 13.2 Å². The lowest BCUT2D eigenvalue weighted by Crippen LogP contribution is -2.17. The second kappa shape index (κ2) is 5.97. The number of amides is 1. The molecule has 2 aromatic rings. The third-order valence-electron chi connectivity index (χ3n) is 2.88. The van der Waals surface area contributed by atoms with Crippen molar-refractivity contribution in [2.24, 2.45) is 5.14 Å². The number of hydrogen-bond donors (Lipinski definition) is 2. The Balaban J connectivity index is 2.32. The zero-order chi connectivity index (χ0) is 15.6. The molecule has 7 heteroatoms. The molecule has 2 rings (SSSR count).